The summed E-state index contributed by atoms with van der Waals surface area (Å²) in [6.45, 7) is 1.40. The number of benzene rings is 1. The second kappa shape index (κ2) is 10.0. The molecule has 0 bridgehead atoms. The molecule has 8 nitrogen and oxygen atoms in total. The Hall–Kier alpha value is -2.90. The van der Waals surface area contributed by atoms with Gasteiger partial charge in [0.15, 0.2) is 0 Å². The van der Waals surface area contributed by atoms with Gasteiger partial charge in [0.25, 0.3) is 5.91 Å². The lowest BCUT2D eigenvalue weighted by molar-refractivity contribution is -0.161. The Morgan fingerprint density at radius 1 is 1.17 bits per heavy atom. The van der Waals surface area contributed by atoms with Gasteiger partial charge in [-0.15, -0.1) is 0 Å². The van der Waals surface area contributed by atoms with Crippen LogP contribution in [0.15, 0.2) is 29.3 Å². The Morgan fingerprint density at radius 3 is 2.62 bits per heavy atom. The zero-order valence-corrected chi connectivity index (χ0v) is 16.5. The summed E-state index contributed by atoms with van der Waals surface area (Å²) in [4.78, 5) is 40.8. The van der Waals surface area contributed by atoms with E-state index in [4.69, 9.17) is 14.2 Å². The number of carbonyl (C=O) groups excluding carboxylic acids is 3. The second-order valence-electron chi connectivity index (χ2n) is 7.06. The van der Waals surface area contributed by atoms with Gasteiger partial charge >= 0.3 is 11.9 Å². The average Bonchev–Trinajstić information content (AvgIpc) is 3.31. The molecule has 0 radical (unpaired) electrons. The third-order valence-electron chi connectivity index (χ3n) is 5.16. The maximum atomic E-state index is 12.4. The number of amides is 1. The van der Waals surface area contributed by atoms with Crippen molar-refractivity contribution in [3.8, 4) is 0 Å². The molecule has 1 aromatic carbocycles. The highest BCUT2D eigenvalue weighted by Gasteiger charge is 2.37. The molecule has 0 aromatic heterocycles. The summed E-state index contributed by atoms with van der Waals surface area (Å²) in [5, 5.41) is 2.73. The van der Waals surface area contributed by atoms with Gasteiger partial charge in [0, 0.05) is 11.1 Å². The van der Waals surface area contributed by atoms with E-state index in [1.807, 2.05) is 6.07 Å². The SMILES string of the molecule is COC(=O)C1CCCCC1C(=O)OCCNC(=O)c1cccc(C2=NCCO2)c1. The van der Waals surface area contributed by atoms with Gasteiger partial charge in [-0.1, -0.05) is 18.9 Å². The number of carbonyl (C=O) groups is 3. The minimum Gasteiger partial charge on any atom is -0.476 e. The van der Waals surface area contributed by atoms with Crippen molar-refractivity contribution in [1.82, 2.24) is 5.32 Å². The molecule has 1 aliphatic carbocycles. The van der Waals surface area contributed by atoms with Gasteiger partial charge in [-0.25, -0.2) is 4.99 Å². The van der Waals surface area contributed by atoms with Crippen LogP contribution in [0.1, 0.15) is 41.6 Å². The van der Waals surface area contributed by atoms with Crippen LogP contribution < -0.4 is 5.32 Å². The van der Waals surface area contributed by atoms with Crippen molar-refractivity contribution in [1.29, 1.82) is 0 Å². The molecule has 1 fully saturated rings. The molecule has 156 valence electrons. The molecule has 1 amide bonds. The summed E-state index contributed by atoms with van der Waals surface area (Å²) < 4.78 is 15.5. The van der Waals surface area contributed by atoms with E-state index in [1.54, 1.807) is 18.2 Å². The van der Waals surface area contributed by atoms with E-state index < -0.39 is 17.8 Å². The van der Waals surface area contributed by atoms with E-state index in [2.05, 4.69) is 10.3 Å². The Bertz CT molecular complexity index is 791. The lowest BCUT2D eigenvalue weighted by atomic mass is 9.79. The van der Waals surface area contributed by atoms with Gasteiger partial charge in [0.1, 0.15) is 13.2 Å². The number of nitrogens with zero attached hydrogens (tertiary/aromatic N) is 1. The Balaban J connectivity index is 1.46. The molecule has 2 atom stereocenters. The second-order valence-corrected chi connectivity index (χ2v) is 7.06. The van der Waals surface area contributed by atoms with Crippen molar-refractivity contribution in [2.75, 3.05) is 33.4 Å². The summed E-state index contributed by atoms with van der Waals surface area (Å²) in [6.07, 6.45) is 3.03. The minimum absolute atomic E-state index is 0.0461. The molecule has 0 spiro atoms. The van der Waals surface area contributed by atoms with E-state index in [9.17, 15) is 14.4 Å². The molecule has 1 heterocycles. The maximum Gasteiger partial charge on any atom is 0.309 e. The van der Waals surface area contributed by atoms with Gasteiger partial charge < -0.3 is 19.5 Å². The van der Waals surface area contributed by atoms with Crippen LogP contribution in [0.25, 0.3) is 0 Å². The summed E-state index contributed by atoms with van der Waals surface area (Å²) in [6, 6.07) is 7.02. The minimum atomic E-state index is -0.476. The van der Waals surface area contributed by atoms with E-state index in [0.717, 1.165) is 18.4 Å². The first-order valence-electron chi connectivity index (χ1n) is 9.90. The molecule has 1 aliphatic heterocycles. The molecular formula is C21H26N2O6. The molecule has 3 rings (SSSR count). The molecular weight excluding hydrogens is 376 g/mol. The van der Waals surface area contributed by atoms with Gasteiger partial charge in [-0.2, -0.15) is 0 Å². The standard InChI is InChI=1S/C21H26N2O6/c1-27-20(25)16-7-2-3-8-17(16)21(26)29-12-9-22-18(24)14-5-4-6-15(13-14)19-23-10-11-28-19/h4-6,13,16-17H,2-3,7-12H2,1H3,(H,22,24). The summed E-state index contributed by atoms with van der Waals surface area (Å²) in [7, 11) is 1.33. The predicted octanol–water partition coefficient (Wildman–Crippen LogP) is 1.72. The number of hydrogen-bond acceptors (Lipinski definition) is 7. The number of methoxy groups -OCH3 is 1. The first kappa shape index (κ1) is 20.8. The topological polar surface area (TPSA) is 103 Å². The van der Waals surface area contributed by atoms with Crippen LogP contribution >= 0.6 is 0 Å². The zero-order valence-electron chi connectivity index (χ0n) is 16.5. The van der Waals surface area contributed by atoms with Gasteiger partial charge in [0.2, 0.25) is 5.90 Å². The predicted molar refractivity (Wildman–Crippen MR) is 105 cm³/mol. The smallest absolute Gasteiger partial charge is 0.309 e. The first-order valence-corrected chi connectivity index (χ1v) is 9.90. The molecule has 2 aliphatic rings. The lowest BCUT2D eigenvalue weighted by Gasteiger charge is -2.27. The fourth-order valence-electron chi connectivity index (χ4n) is 3.68. The number of ether oxygens (including phenoxy) is 3. The fourth-order valence-corrected chi connectivity index (χ4v) is 3.68. The highest BCUT2D eigenvalue weighted by Crippen LogP contribution is 2.31. The molecule has 2 unspecified atom stereocenters. The van der Waals surface area contributed by atoms with E-state index >= 15 is 0 Å². The largest absolute Gasteiger partial charge is 0.476 e. The normalized spacial score (nSPS) is 20.9. The zero-order chi connectivity index (χ0) is 20.6. The number of rotatable bonds is 7. The van der Waals surface area contributed by atoms with Gasteiger partial charge in [-0.3, -0.25) is 14.4 Å². The lowest BCUT2D eigenvalue weighted by Crippen LogP contribution is -2.36. The average molecular weight is 402 g/mol. The number of aliphatic imine (C=N–C) groups is 1. The van der Waals surface area contributed by atoms with Crippen molar-refractivity contribution in [3.63, 3.8) is 0 Å². The highest BCUT2D eigenvalue weighted by molar-refractivity contribution is 6.00. The molecule has 0 saturated heterocycles. The van der Waals surface area contributed by atoms with Crippen LogP contribution in [-0.4, -0.2) is 57.2 Å². The number of hydrogen-bond donors (Lipinski definition) is 1. The molecule has 29 heavy (non-hydrogen) atoms. The third kappa shape index (κ3) is 5.34. The van der Waals surface area contributed by atoms with Crippen molar-refractivity contribution in [2.24, 2.45) is 16.8 Å². The van der Waals surface area contributed by atoms with Gasteiger partial charge in [0.05, 0.1) is 32.0 Å². The van der Waals surface area contributed by atoms with Crippen molar-refractivity contribution in [2.45, 2.75) is 25.7 Å². The van der Waals surface area contributed by atoms with Crippen LogP contribution in [0.5, 0.6) is 0 Å². The van der Waals surface area contributed by atoms with Crippen LogP contribution in [0, 0.1) is 11.8 Å². The highest BCUT2D eigenvalue weighted by atomic mass is 16.5. The van der Waals surface area contributed by atoms with Crippen LogP contribution in [0.4, 0.5) is 0 Å². The molecule has 8 heteroatoms. The summed E-state index contributed by atoms with van der Waals surface area (Å²) in [5.74, 6) is -1.42. The summed E-state index contributed by atoms with van der Waals surface area (Å²) >= 11 is 0. The molecule has 1 N–H and O–H groups in total. The van der Waals surface area contributed by atoms with Crippen molar-refractivity contribution >= 4 is 23.7 Å². The fraction of sp³-hybridized carbons (Fsp3) is 0.524. The van der Waals surface area contributed by atoms with Crippen LogP contribution in [0.2, 0.25) is 0 Å². The van der Waals surface area contributed by atoms with Crippen molar-refractivity contribution < 1.29 is 28.6 Å². The molecule has 1 saturated carbocycles. The van der Waals surface area contributed by atoms with E-state index in [0.29, 0.717) is 37.5 Å². The van der Waals surface area contributed by atoms with Crippen LogP contribution in [-0.2, 0) is 23.8 Å². The Kier molecular flexibility index (Phi) is 7.21. The maximum absolute atomic E-state index is 12.4. The van der Waals surface area contributed by atoms with Crippen LogP contribution in [0.3, 0.4) is 0 Å². The van der Waals surface area contributed by atoms with Gasteiger partial charge in [-0.05, 0) is 31.0 Å². The van der Waals surface area contributed by atoms with Crippen molar-refractivity contribution in [3.05, 3.63) is 35.4 Å². The monoisotopic (exact) mass is 402 g/mol. The van der Waals surface area contributed by atoms with E-state index in [1.165, 1.54) is 7.11 Å². The molecule has 1 aromatic rings. The number of nitrogens with one attached hydrogen (secondary N) is 1. The number of esters is 2. The Morgan fingerprint density at radius 2 is 1.93 bits per heavy atom. The van der Waals surface area contributed by atoms with E-state index in [-0.39, 0.29) is 25.0 Å². The first-order chi connectivity index (χ1) is 14.1. The third-order valence-corrected chi connectivity index (χ3v) is 5.16. The Labute approximate surface area is 169 Å². The quantitative estimate of drug-likeness (QED) is 0.550. The summed E-state index contributed by atoms with van der Waals surface area (Å²) in [5.41, 5.74) is 1.23.